The van der Waals surface area contributed by atoms with Gasteiger partial charge in [-0.3, -0.25) is 4.79 Å². The van der Waals surface area contributed by atoms with Crippen molar-refractivity contribution >= 4 is 68.1 Å². The number of aryl methyl sites for hydroxylation is 1. The summed E-state index contributed by atoms with van der Waals surface area (Å²) in [5.41, 5.74) is 6.43. The minimum absolute atomic E-state index is 0.241. The van der Waals surface area contributed by atoms with Gasteiger partial charge in [-0.15, -0.1) is 0 Å². The molecule has 4 nitrogen and oxygen atoms in total. The fraction of sp³-hybridized carbons (Fsp3) is 0.0769. The molecule has 4 aromatic rings. The summed E-state index contributed by atoms with van der Waals surface area (Å²) in [6.07, 6.45) is 1.65. The Kier molecular flexibility index (Phi) is 7.41. The largest absolute Gasteiger partial charge is 0.487 e. The smallest absolute Gasteiger partial charge is 0.271 e. The first kappa shape index (κ1) is 22.7. The van der Waals surface area contributed by atoms with E-state index in [1.807, 2.05) is 54.6 Å². The van der Waals surface area contributed by atoms with Crippen LogP contribution in [0.1, 0.15) is 27.0 Å². The second kappa shape index (κ2) is 10.4. The molecule has 0 aliphatic heterocycles. The molecule has 0 aromatic heterocycles. The average molecular weight is 646 g/mol. The lowest BCUT2D eigenvalue weighted by Gasteiger charge is -2.12. The highest BCUT2D eigenvalue weighted by Gasteiger charge is 2.09. The monoisotopic (exact) mass is 646 g/mol. The van der Waals surface area contributed by atoms with Crippen molar-refractivity contribution in [2.75, 3.05) is 0 Å². The standard InChI is InChI=1S/C26H20I2N2O2/c1-17-5-4-6-18(11-17)16-32-25-23(27)12-19(13-24(25)28)15-29-30-26(31)22-10-9-20-7-2-3-8-21(20)14-22/h2-15H,16H2,1H3,(H,30,31)/b29-15-. The van der Waals surface area contributed by atoms with Crippen LogP contribution in [0.4, 0.5) is 0 Å². The summed E-state index contributed by atoms with van der Waals surface area (Å²) < 4.78 is 8.05. The van der Waals surface area contributed by atoms with Gasteiger partial charge >= 0.3 is 0 Å². The van der Waals surface area contributed by atoms with Crippen molar-refractivity contribution in [3.63, 3.8) is 0 Å². The van der Waals surface area contributed by atoms with E-state index in [9.17, 15) is 4.79 Å². The van der Waals surface area contributed by atoms with Gasteiger partial charge < -0.3 is 4.74 Å². The zero-order valence-electron chi connectivity index (χ0n) is 17.3. The summed E-state index contributed by atoms with van der Waals surface area (Å²) in [5, 5.41) is 6.26. The number of amides is 1. The summed E-state index contributed by atoms with van der Waals surface area (Å²) in [6, 6.07) is 25.8. The molecule has 1 N–H and O–H groups in total. The molecule has 0 unspecified atom stereocenters. The molecule has 160 valence electrons. The molecule has 32 heavy (non-hydrogen) atoms. The lowest BCUT2D eigenvalue weighted by molar-refractivity contribution is 0.0955. The molecule has 0 bridgehead atoms. The molecule has 0 saturated heterocycles. The Morgan fingerprint density at radius 2 is 1.69 bits per heavy atom. The quantitative estimate of drug-likeness (QED) is 0.144. The van der Waals surface area contributed by atoms with E-state index in [1.54, 1.807) is 12.3 Å². The van der Waals surface area contributed by atoms with Gasteiger partial charge in [-0.1, -0.05) is 60.2 Å². The van der Waals surface area contributed by atoms with Crippen LogP contribution in [-0.4, -0.2) is 12.1 Å². The SMILES string of the molecule is Cc1cccc(COc2c(I)cc(/C=N\NC(=O)c3ccc4ccccc4c3)cc2I)c1. The number of carbonyl (C=O) groups excluding carboxylic acids is 1. The molecule has 6 heteroatoms. The van der Waals surface area contributed by atoms with E-state index in [2.05, 4.69) is 80.8 Å². The zero-order chi connectivity index (χ0) is 22.5. The maximum absolute atomic E-state index is 12.5. The number of fused-ring (bicyclic) bond motifs is 1. The summed E-state index contributed by atoms with van der Waals surface area (Å²) in [4.78, 5) is 12.5. The minimum atomic E-state index is -0.241. The van der Waals surface area contributed by atoms with Gasteiger partial charge in [0.05, 0.1) is 13.4 Å². The van der Waals surface area contributed by atoms with E-state index in [0.29, 0.717) is 12.2 Å². The fourth-order valence-corrected chi connectivity index (χ4v) is 5.44. The number of nitrogens with one attached hydrogen (secondary N) is 1. The van der Waals surface area contributed by atoms with Crippen molar-refractivity contribution in [1.82, 2.24) is 5.43 Å². The highest BCUT2D eigenvalue weighted by atomic mass is 127. The van der Waals surface area contributed by atoms with E-state index in [1.165, 1.54) is 5.56 Å². The first-order valence-corrected chi connectivity index (χ1v) is 12.1. The second-order valence-electron chi connectivity index (χ2n) is 7.35. The topological polar surface area (TPSA) is 50.7 Å². The maximum atomic E-state index is 12.5. The molecular weight excluding hydrogens is 626 g/mol. The third-order valence-electron chi connectivity index (χ3n) is 4.88. The third-order valence-corrected chi connectivity index (χ3v) is 6.48. The number of benzene rings is 4. The Hall–Kier alpha value is -2.46. The van der Waals surface area contributed by atoms with Gasteiger partial charge in [0.1, 0.15) is 12.4 Å². The number of rotatable bonds is 6. The minimum Gasteiger partial charge on any atom is -0.487 e. The molecule has 0 heterocycles. The molecule has 0 radical (unpaired) electrons. The van der Waals surface area contributed by atoms with Crippen LogP contribution in [0.2, 0.25) is 0 Å². The molecule has 4 rings (SSSR count). The molecule has 0 atom stereocenters. The van der Waals surface area contributed by atoms with E-state index in [0.717, 1.165) is 34.8 Å². The van der Waals surface area contributed by atoms with Crippen molar-refractivity contribution in [3.05, 3.63) is 108 Å². The van der Waals surface area contributed by atoms with Gasteiger partial charge in [-0.05, 0) is 98.3 Å². The summed E-state index contributed by atoms with van der Waals surface area (Å²) >= 11 is 4.53. The Morgan fingerprint density at radius 3 is 2.44 bits per heavy atom. The number of hydrogen-bond donors (Lipinski definition) is 1. The van der Waals surface area contributed by atoms with Crippen molar-refractivity contribution in [2.24, 2.45) is 5.10 Å². The molecule has 0 aliphatic rings. The van der Waals surface area contributed by atoms with E-state index in [-0.39, 0.29) is 5.91 Å². The zero-order valence-corrected chi connectivity index (χ0v) is 21.6. The lowest BCUT2D eigenvalue weighted by Crippen LogP contribution is -2.17. The average Bonchev–Trinajstić information content (AvgIpc) is 2.78. The number of ether oxygens (including phenoxy) is 1. The highest BCUT2D eigenvalue weighted by Crippen LogP contribution is 2.29. The van der Waals surface area contributed by atoms with Gasteiger partial charge in [0.25, 0.3) is 5.91 Å². The van der Waals surface area contributed by atoms with Crippen LogP contribution in [0, 0.1) is 14.1 Å². The van der Waals surface area contributed by atoms with Crippen LogP contribution in [0.3, 0.4) is 0 Å². The predicted octanol–water partition coefficient (Wildman–Crippen LogP) is 6.70. The van der Waals surface area contributed by atoms with Crippen molar-refractivity contribution in [3.8, 4) is 5.75 Å². The van der Waals surface area contributed by atoms with Crippen molar-refractivity contribution in [1.29, 1.82) is 0 Å². The van der Waals surface area contributed by atoms with Crippen molar-refractivity contribution in [2.45, 2.75) is 13.5 Å². The normalized spacial score (nSPS) is 11.1. The molecule has 0 aliphatic carbocycles. The van der Waals surface area contributed by atoms with Crippen LogP contribution in [0.15, 0.2) is 84.0 Å². The predicted molar refractivity (Wildman–Crippen MR) is 146 cm³/mol. The van der Waals surface area contributed by atoms with Gasteiger partial charge in [-0.25, -0.2) is 5.43 Å². The maximum Gasteiger partial charge on any atom is 0.271 e. The summed E-state index contributed by atoms with van der Waals surface area (Å²) in [7, 11) is 0. The van der Waals surface area contributed by atoms with Crippen molar-refractivity contribution < 1.29 is 9.53 Å². The number of halogens is 2. The fourth-order valence-electron chi connectivity index (χ4n) is 3.31. The van der Waals surface area contributed by atoms with E-state index < -0.39 is 0 Å². The molecular formula is C26H20I2N2O2. The number of nitrogens with zero attached hydrogens (tertiary/aromatic N) is 1. The van der Waals surface area contributed by atoms with Crippen LogP contribution in [0.5, 0.6) is 5.75 Å². The van der Waals surface area contributed by atoms with Crippen LogP contribution >= 0.6 is 45.2 Å². The van der Waals surface area contributed by atoms with Crippen LogP contribution < -0.4 is 10.2 Å². The molecule has 4 aromatic carbocycles. The van der Waals surface area contributed by atoms with Gasteiger partial charge in [0, 0.05) is 5.56 Å². The molecule has 0 spiro atoms. The number of hydrogen-bond acceptors (Lipinski definition) is 3. The van der Waals surface area contributed by atoms with Gasteiger partial charge in [-0.2, -0.15) is 5.10 Å². The van der Waals surface area contributed by atoms with Crippen LogP contribution in [-0.2, 0) is 6.61 Å². The molecule has 0 fully saturated rings. The Balaban J connectivity index is 1.41. The van der Waals surface area contributed by atoms with Gasteiger partial charge in [0.2, 0.25) is 0 Å². The lowest BCUT2D eigenvalue weighted by atomic mass is 10.1. The second-order valence-corrected chi connectivity index (χ2v) is 9.68. The Morgan fingerprint density at radius 1 is 0.938 bits per heavy atom. The van der Waals surface area contributed by atoms with E-state index in [4.69, 9.17) is 4.74 Å². The van der Waals surface area contributed by atoms with E-state index >= 15 is 0 Å². The number of carbonyl (C=O) groups is 1. The van der Waals surface area contributed by atoms with Gasteiger partial charge in [0.15, 0.2) is 0 Å². The summed E-state index contributed by atoms with van der Waals surface area (Å²) in [6.45, 7) is 2.59. The summed E-state index contributed by atoms with van der Waals surface area (Å²) in [5.74, 6) is 0.611. The first-order chi connectivity index (χ1) is 15.5. The van der Waals surface area contributed by atoms with Crippen LogP contribution in [0.25, 0.3) is 10.8 Å². The first-order valence-electron chi connectivity index (χ1n) is 9.99. The number of hydrazone groups is 1. The molecule has 1 amide bonds. The third kappa shape index (κ3) is 5.66. The Bertz CT molecular complexity index is 1300. The Labute approximate surface area is 214 Å². The molecule has 0 saturated carbocycles. The highest BCUT2D eigenvalue weighted by molar-refractivity contribution is 14.1.